The average Bonchev–Trinajstić information content (AvgIpc) is 2.33. The molecular formula is C12H18F2N2O2S. The smallest absolute Gasteiger partial charge is 0.244 e. The molecule has 19 heavy (non-hydrogen) atoms. The van der Waals surface area contributed by atoms with Crippen molar-refractivity contribution in [1.82, 2.24) is 4.72 Å². The van der Waals surface area contributed by atoms with Crippen LogP contribution < -0.4 is 10.5 Å². The molecule has 3 N–H and O–H groups in total. The molecule has 7 heteroatoms. The highest BCUT2D eigenvalue weighted by atomic mass is 32.2. The number of hydrogen-bond donors (Lipinski definition) is 2. The Labute approximate surface area is 112 Å². The minimum absolute atomic E-state index is 0.406. The van der Waals surface area contributed by atoms with Gasteiger partial charge >= 0.3 is 0 Å². The summed E-state index contributed by atoms with van der Waals surface area (Å²) in [6, 6.07) is 1.26. The Hall–Kier alpha value is -1.21. The van der Waals surface area contributed by atoms with E-state index >= 15 is 0 Å². The van der Waals surface area contributed by atoms with Gasteiger partial charge in [0.2, 0.25) is 10.0 Å². The van der Waals surface area contributed by atoms with E-state index in [0.717, 1.165) is 6.07 Å². The van der Waals surface area contributed by atoms with Crippen molar-refractivity contribution in [2.24, 2.45) is 0 Å². The number of nitrogens with two attached hydrogens (primary N) is 1. The van der Waals surface area contributed by atoms with Gasteiger partial charge in [-0.15, -0.1) is 0 Å². The van der Waals surface area contributed by atoms with Gasteiger partial charge in [-0.05, 0) is 25.8 Å². The highest BCUT2D eigenvalue weighted by molar-refractivity contribution is 7.89. The van der Waals surface area contributed by atoms with Crippen LogP contribution in [-0.2, 0) is 10.0 Å². The standard InChI is InChI=1S/C12H18F2N2O2S/c1-4-12(3,5-2)16-19(17,18)11-7-10(15)8(13)6-9(11)14/h6-7,16H,4-5,15H2,1-3H3. The second kappa shape index (κ2) is 5.42. The van der Waals surface area contributed by atoms with E-state index in [1.807, 2.05) is 13.8 Å². The lowest BCUT2D eigenvalue weighted by atomic mass is 9.98. The Bertz CT molecular complexity index is 569. The number of hydrogen-bond acceptors (Lipinski definition) is 3. The van der Waals surface area contributed by atoms with Gasteiger partial charge < -0.3 is 5.73 Å². The van der Waals surface area contributed by atoms with Crippen molar-refractivity contribution in [2.45, 2.75) is 44.0 Å². The molecular weight excluding hydrogens is 274 g/mol. The van der Waals surface area contributed by atoms with Gasteiger partial charge in [0, 0.05) is 11.6 Å². The molecule has 1 rings (SSSR count). The summed E-state index contributed by atoms with van der Waals surface area (Å²) in [6.07, 6.45) is 1.09. The Morgan fingerprint density at radius 2 is 1.74 bits per heavy atom. The number of nitrogens with one attached hydrogen (secondary N) is 1. The molecule has 0 aliphatic rings. The highest BCUT2D eigenvalue weighted by Crippen LogP contribution is 2.24. The molecule has 0 aromatic heterocycles. The van der Waals surface area contributed by atoms with Crippen molar-refractivity contribution in [1.29, 1.82) is 0 Å². The maximum atomic E-state index is 13.6. The molecule has 0 saturated carbocycles. The number of anilines is 1. The van der Waals surface area contributed by atoms with E-state index < -0.39 is 37.8 Å². The average molecular weight is 292 g/mol. The first-order valence-corrected chi connectivity index (χ1v) is 7.42. The van der Waals surface area contributed by atoms with Crippen molar-refractivity contribution >= 4 is 15.7 Å². The molecule has 0 heterocycles. The van der Waals surface area contributed by atoms with Crippen LogP contribution in [0.25, 0.3) is 0 Å². The third-order valence-electron chi connectivity index (χ3n) is 3.28. The SMILES string of the molecule is CCC(C)(CC)NS(=O)(=O)c1cc(N)c(F)cc1F. The molecule has 4 nitrogen and oxygen atoms in total. The maximum absolute atomic E-state index is 13.6. The van der Waals surface area contributed by atoms with E-state index in [0.29, 0.717) is 18.9 Å². The van der Waals surface area contributed by atoms with Crippen LogP contribution in [0.15, 0.2) is 17.0 Å². The van der Waals surface area contributed by atoms with Crippen molar-refractivity contribution in [3.63, 3.8) is 0 Å². The summed E-state index contributed by atoms with van der Waals surface area (Å²) >= 11 is 0. The van der Waals surface area contributed by atoms with Crippen LogP contribution >= 0.6 is 0 Å². The fraction of sp³-hybridized carbons (Fsp3) is 0.500. The Kier molecular flexibility index (Phi) is 4.52. The fourth-order valence-corrected chi connectivity index (χ4v) is 3.17. The predicted molar refractivity (Wildman–Crippen MR) is 70.1 cm³/mol. The maximum Gasteiger partial charge on any atom is 0.244 e. The topological polar surface area (TPSA) is 72.2 Å². The molecule has 1 aromatic carbocycles. The van der Waals surface area contributed by atoms with Crippen LogP contribution in [0.5, 0.6) is 0 Å². The number of halogens is 2. The third kappa shape index (κ3) is 3.42. The van der Waals surface area contributed by atoms with Gasteiger partial charge in [0.15, 0.2) is 0 Å². The first kappa shape index (κ1) is 15.8. The Balaban J connectivity index is 3.25. The van der Waals surface area contributed by atoms with Crippen molar-refractivity contribution < 1.29 is 17.2 Å². The Morgan fingerprint density at radius 3 is 2.21 bits per heavy atom. The van der Waals surface area contributed by atoms with E-state index in [2.05, 4.69) is 4.72 Å². The van der Waals surface area contributed by atoms with Gasteiger partial charge in [0.05, 0.1) is 5.69 Å². The summed E-state index contributed by atoms with van der Waals surface area (Å²) in [5, 5.41) is 0. The lowest BCUT2D eigenvalue weighted by molar-refractivity contribution is 0.387. The van der Waals surface area contributed by atoms with Gasteiger partial charge in [0.25, 0.3) is 0 Å². The van der Waals surface area contributed by atoms with Crippen molar-refractivity contribution in [3.05, 3.63) is 23.8 Å². The summed E-state index contributed by atoms with van der Waals surface area (Å²) in [4.78, 5) is -0.639. The lowest BCUT2D eigenvalue weighted by Gasteiger charge is -2.27. The van der Waals surface area contributed by atoms with E-state index in [-0.39, 0.29) is 0 Å². The lowest BCUT2D eigenvalue weighted by Crippen LogP contribution is -2.45. The third-order valence-corrected chi connectivity index (χ3v) is 4.94. The molecule has 0 bridgehead atoms. The Morgan fingerprint density at radius 1 is 1.21 bits per heavy atom. The van der Waals surface area contributed by atoms with Gasteiger partial charge in [-0.2, -0.15) is 0 Å². The van der Waals surface area contributed by atoms with E-state index in [4.69, 9.17) is 5.73 Å². The summed E-state index contributed by atoms with van der Waals surface area (Å²) in [7, 11) is -4.08. The van der Waals surface area contributed by atoms with Crippen LogP contribution in [0.2, 0.25) is 0 Å². The largest absolute Gasteiger partial charge is 0.396 e. The fourth-order valence-electron chi connectivity index (χ4n) is 1.52. The molecule has 0 aliphatic carbocycles. The zero-order valence-electron chi connectivity index (χ0n) is 11.1. The molecule has 1 aromatic rings. The quantitative estimate of drug-likeness (QED) is 0.819. The van der Waals surface area contributed by atoms with E-state index in [9.17, 15) is 17.2 Å². The molecule has 108 valence electrons. The normalized spacial score (nSPS) is 12.7. The van der Waals surface area contributed by atoms with Crippen LogP contribution in [0.3, 0.4) is 0 Å². The summed E-state index contributed by atoms with van der Waals surface area (Å²) in [6.45, 7) is 5.36. The second-order valence-electron chi connectivity index (χ2n) is 4.68. The van der Waals surface area contributed by atoms with Crippen molar-refractivity contribution in [2.75, 3.05) is 5.73 Å². The van der Waals surface area contributed by atoms with Crippen LogP contribution in [0.1, 0.15) is 33.6 Å². The number of rotatable bonds is 5. The minimum atomic E-state index is -4.08. The van der Waals surface area contributed by atoms with Crippen LogP contribution in [-0.4, -0.2) is 14.0 Å². The first-order valence-electron chi connectivity index (χ1n) is 5.93. The number of sulfonamides is 1. The molecule has 0 fully saturated rings. The van der Waals surface area contributed by atoms with E-state index in [1.165, 1.54) is 0 Å². The van der Waals surface area contributed by atoms with Crippen molar-refractivity contribution in [3.8, 4) is 0 Å². The second-order valence-corrected chi connectivity index (χ2v) is 6.33. The number of benzene rings is 1. The monoisotopic (exact) mass is 292 g/mol. The van der Waals surface area contributed by atoms with Gasteiger partial charge in [-0.3, -0.25) is 0 Å². The zero-order valence-corrected chi connectivity index (χ0v) is 11.9. The van der Waals surface area contributed by atoms with Crippen LogP contribution in [0.4, 0.5) is 14.5 Å². The highest BCUT2D eigenvalue weighted by Gasteiger charge is 2.29. The van der Waals surface area contributed by atoms with Crippen LogP contribution in [0, 0.1) is 11.6 Å². The molecule has 0 aliphatic heterocycles. The molecule has 0 amide bonds. The molecule has 0 unspecified atom stereocenters. The van der Waals surface area contributed by atoms with Gasteiger partial charge in [-0.1, -0.05) is 13.8 Å². The minimum Gasteiger partial charge on any atom is -0.396 e. The van der Waals surface area contributed by atoms with E-state index in [1.54, 1.807) is 6.92 Å². The van der Waals surface area contributed by atoms with Gasteiger partial charge in [-0.25, -0.2) is 21.9 Å². The molecule has 0 radical (unpaired) electrons. The summed E-state index contributed by atoms with van der Waals surface area (Å²) in [5.74, 6) is -2.14. The predicted octanol–water partition coefficient (Wildman–Crippen LogP) is 2.40. The number of nitrogen functional groups attached to an aromatic ring is 1. The van der Waals surface area contributed by atoms with Gasteiger partial charge in [0.1, 0.15) is 16.5 Å². The summed E-state index contributed by atoms with van der Waals surface area (Å²) in [5.41, 5.74) is 4.19. The summed E-state index contributed by atoms with van der Waals surface area (Å²) < 4.78 is 53.3. The zero-order chi connectivity index (χ0) is 14.8. The molecule has 0 spiro atoms. The molecule has 0 atom stereocenters. The first-order chi connectivity index (χ1) is 8.65. The molecule has 0 saturated heterocycles.